The van der Waals surface area contributed by atoms with Crippen molar-refractivity contribution in [3.63, 3.8) is 0 Å². The van der Waals surface area contributed by atoms with Gasteiger partial charge >= 0.3 is 5.97 Å². The second-order valence-corrected chi connectivity index (χ2v) is 5.82. The molecule has 130 valence electrons. The van der Waals surface area contributed by atoms with Crippen LogP contribution < -0.4 is 5.32 Å². The number of nitrogens with zero attached hydrogens (tertiary/aromatic N) is 4. The van der Waals surface area contributed by atoms with E-state index in [-0.39, 0.29) is 0 Å². The van der Waals surface area contributed by atoms with Crippen molar-refractivity contribution in [3.05, 3.63) is 47.2 Å². The first kappa shape index (κ1) is 16.9. The second kappa shape index (κ2) is 6.88. The first-order chi connectivity index (χ1) is 12.0. The molecule has 0 aliphatic rings. The number of fused-ring (bicyclic) bond motifs is 1. The molecule has 0 spiro atoms. The van der Waals surface area contributed by atoms with Gasteiger partial charge in [0.1, 0.15) is 17.7 Å². The summed E-state index contributed by atoms with van der Waals surface area (Å²) < 4.78 is 6.87. The van der Waals surface area contributed by atoms with E-state index in [4.69, 9.17) is 4.74 Å². The summed E-state index contributed by atoms with van der Waals surface area (Å²) in [5, 5.41) is 8.27. The molecule has 0 amide bonds. The van der Waals surface area contributed by atoms with E-state index in [9.17, 15) is 4.79 Å². The normalized spacial score (nSPS) is 10.9. The molecule has 0 saturated carbocycles. The molecular weight excluding hydrogens is 318 g/mol. The van der Waals surface area contributed by atoms with E-state index in [2.05, 4.69) is 20.4 Å². The number of carbonyl (C=O) groups excluding carboxylic acids is 1. The Kier molecular flexibility index (Phi) is 4.65. The highest BCUT2D eigenvalue weighted by Gasteiger charge is 2.18. The minimum Gasteiger partial charge on any atom is -0.462 e. The molecule has 0 atom stereocenters. The lowest BCUT2D eigenvalue weighted by Gasteiger charge is -2.15. The van der Waals surface area contributed by atoms with Gasteiger partial charge in [0, 0.05) is 18.6 Å². The smallest absolute Gasteiger partial charge is 0.341 e. The van der Waals surface area contributed by atoms with Crippen molar-refractivity contribution in [2.45, 2.75) is 27.3 Å². The molecular formula is C18H21N5O2. The number of ether oxygens (including phenoxy) is 1. The van der Waals surface area contributed by atoms with Crippen LogP contribution in [-0.2, 0) is 18.3 Å². The summed E-state index contributed by atoms with van der Waals surface area (Å²) in [5.74, 6) is 0.374. The predicted molar refractivity (Wildman–Crippen MR) is 95.5 cm³/mol. The number of pyridine rings is 1. The maximum Gasteiger partial charge on any atom is 0.341 e. The van der Waals surface area contributed by atoms with E-state index >= 15 is 0 Å². The van der Waals surface area contributed by atoms with Crippen LogP contribution in [0.5, 0.6) is 0 Å². The van der Waals surface area contributed by atoms with E-state index < -0.39 is 5.97 Å². The quantitative estimate of drug-likeness (QED) is 0.720. The molecule has 1 N–H and O–H groups in total. The number of benzene rings is 1. The van der Waals surface area contributed by atoms with Crippen molar-refractivity contribution in [2.75, 3.05) is 11.9 Å². The van der Waals surface area contributed by atoms with E-state index in [1.165, 1.54) is 6.33 Å². The molecule has 0 aliphatic carbocycles. The van der Waals surface area contributed by atoms with Crippen LogP contribution in [0.1, 0.15) is 34.2 Å². The van der Waals surface area contributed by atoms with Gasteiger partial charge in [0.05, 0.1) is 24.4 Å². The molecule has 25 heavy (non-hydrogen) atoms. The second-order valence-electron chi connectivity index (χ2n) is 5.82. The molecule has 7 nitrogen and oxygen atoms in total. The minimum atomic E-state index is -0.393. The van der Waals surface area contributed by atoms with Crippen LogP contribution >= 0.6 is 0 Å². The van der Waals surface area contributed by atoms with Gasteiger partial charge < -0.3 is 10.1 Å². The van der Waals surface area contributed by atoms with Crippen LogP contribution in [0.25, 0.3) is 10.9 Å². The van der Waals surface area contributed by atoms with Gasteiger partial charge in [-0.25, -0.2) is 9.78 Å². The van der Waals surface area contributed by atoms with Crippen molar-refractivity contribution in [2.24, 2.45) is 7.05 Å². The third-order valence-electron chi connectivity index (χ3n) is 4.29. The van der Waals surface area contributed by atoms with Crippen LogP contribution in [0.3, 0.4) is 0 Å². The van der Waals surface area contributed by atoms with Gasteiger partial charge in [-0.15, -0.1) is 0 Å². The lowest BCUT2D eigenvalue weighted by molar-refractivity contribution is 0.0527. The average molecular weight is 339 g/mol. The molecule has 7 heteroatoms. The number of anilines is 1. The number of rotatable bonds is 5. The van der Waals surface area contributed by atoms with E-state index in [1.54, 1.807) is 17.8 Å². The number of carbonyl (C=O) groups is 1. The molecule has 0 radical (unpaired) electrons. The standard InChI is InChI=1S/C18H21N5O2/c1-5-25-18(24)14-8-19-16-12(3)11(2)6-7-13(16)17(14)20-9-15-21-10-22-23(15)4/h6-8,10H,5,9H2,1-4H3,(H,19,20). The molecule has 0 aliphatic heterocycles. The van der Waals surface area contributed by atoms with E-state index in [1.807, 2.05) is 33.0 Å². The van der Waals surface area contributed by atoms with Crippen molar-refractivity contribution in [1.82, 2.24) is 19.7 Å². The Labute approximate surface area is 146 Å². The number of aryl methyl sites for hydroxylation is 3. The summed E-state index contributed by atoms with van der Waals surface area (Å²) in [4.78, 5) is 21.1. The Morgan fingerprint density at radius 1 is 1.28 bits per heavy atom. The molecule has 0 saturated heterocycles. The Morgan fingerprint density at radius 3 is 2.76 bits per heavy atom. The first-order valence-corrected chi connectivity index (χ1v) is 8.15. The molecule has 0 unspecified atom stereocenters. The van der Waals surface area contributed by atoms with Crippen LogP contribution in [0.2, 0.25) is 0 Å². The molecule has 3 rings (SSSR count). The highest BCUT2D eigenvalue weighted by atomic mass is 16.5. The van der Waals surface area contributed by atoms with Crippen LogP contribution in [0, 0.1) is 13.8 Å². The Hall–Kier alpha value is -2.96. The lowest BCUT2D eigenvalue weighted by Crippen LogP contribution is -2.13. The van der Waals surface area contributed by atoms with Crippen LogP contribution in [0.4, 0.5) is 5.69 Å². The van der Waals surface area contributed by atoms with Crippen molar-refractivity contribution >= 4 is 22.6 Å². The third-order valence-corrected chi connectivity index (χ3v) is 4.29. The Balaban J connectivity index is 2.10. The maximum absolute atomic E-state index is 12.4. The lowest BCUT2D eigenvalue weighted by atomic mass is 10.0. The van der Waals surface area contributed by atoms with Crippen LogP contribution in [0.15, 0.2) is 24.7 Å². The van der Waals surface area contributed by atoms with Gasteiger partial charge in [-0.3, -0.25) is 9.67 Å². The monoisotopic (exact) mass is 339 g/mol. The number of hydrogen-bond acceptors (Lipinski definition) is 6. The van der Waals surface area contributed by atoms with Crippen molar-refractivity contribution in [3.8, 4) is 0 Å². The summed E-state index contributed by atoms with van der Waals surface area (Å²) in [6.45, 7) is 6.61. The number of hydrogen-bond donors (Lipinski definition) is 1. The summed E-state index contributed by atoms with van der Waals surface area (Å²) in [5.41, 5.74) is 4.24. The topological polar surface area (TPSA) is 81.9 Å². The Bertz CT molecular complexity index is 933. The Morgan fingerprint density at radius 2 is 2.08 bits per heavy atom. The van der Waals surface area contributed by atoms with Crippen molar-refractivity contribution < 1.29 is 9.53 Å². The largest absolute Gasteiger partial charge is 0.462 e. The first-order valence-electron chi connectivity index (χ1n) is 8.15. The maximum atomic E-state index is 12.4. The highest BCUT2D eigenvalue weighted by molar-refractivity contribution is 6.05. The SMILES string of the molecule is CCOC(=O)c1cnc2c(C)c(C)ccc2c1NCc1ncnn1C. The fraction of sp³-hybridized carbons (Fsp3) is 0.333. The summed E-state index contributed by atoms with van der Waals surface area (Å²) in [6.07, 6.45) is 3.08. The molecule has 2 heterocycles. The molecule has 1 aromatic carbocycles. The summed E-state index contributed by atoms with van der Waals surface area (Å²) in [7, 11) is 1.83. The van der Waals surface area contributed by atoms with Gasteiger partial charge in [-0.1, -0.05) is 12.1 Å². The highest BCUT2D eigenvalue weighted by Crippen LogP contribution is 2.30. The minimum absolute atomic E-state index is 0.312. The predicted octanol–water partition coefficient (Wildman–Crippen LogP) is 2.77. The number of aromatic nitrogens is 4. The fourth-order valence-electron chi connectivity index (χ4n) is 2.71. The zero-order valence-corrected chi connectivity index (χ0v) is 14.8. The van der Waals surface area contributed by atoms with Gasteiger partial charge in [-0.2, -0.15) is 5.10 Å². The number of nitrogens with one attached hydrogen (secondary N) is 1. The van der Waals surface area contributed by atoms with Gasteiger partial charge in [0.25, 0.3) is 0 Å². The molecule has 3 aromatic rings. The fourth-order valence-corrected chi connectivity index (χ4v) is 2.71. The van der Waals surface area contributed by atoms with Crippen molar-refractivity contribution in [1.29, 1.82) is 0 Å². The number of esters is 1. The molecule has 2 aromatic heterocycles. The van der Waals surface area contributed by atoms with Crippen LogP contribution in [-0.4, -0.2) is 32.3 Å². The van der Waals surface area contributed by atoms with Gasteiger partial charge in [-0.05, 0) is 31.9 Å². The zero-order valence-electron chi connectivity index (χ0n) is 14.8. The van der Waals surface area contributed by atoms with Gasteiger partial charge in [0.15, 0.2) is 0 Å². The zero-order chi connectivity index (χ0) is 18.0. The summed E-state index contributed by atoms with van der Waals surface area (Å²) in [6, 6.07) is 4.01. The average Bonchev–Trinajstić information content (AvgIpc) is 3.01. The summed E-state index contributed by atoms with van der Waals surface area (Å²) >= 11 is 0. The van der Waals surface area contributed by atoms with E-state index in [0.29, 0.717) is 24.4 Å². The third kappa shape index (κ3) is 3.17. The van der Waals surface area contributed by atoms with E-state index in [0.717, 1.165) is 27.9 Å². The molecule has 0 bridgehead atoms. The van der Waals surface area contributed by atoms with Gasteiger partial charge in [0.2, 0.25) is 0 Å². The molecule has 0 fully saturated rings.